The molecule has 0 aliphatic rings. The van der Waals surface area contributed by atoms with Gasteiger partial charge in [-0.2, -0.15) is 5.10 Å². The van der Waals surface area contributed by atoms with Crippen molar-refractivity contribution in [2.45, 2.75) is 19.0 Å². The van der Waals surface area contributed by atoms with E-state index in [1.807, 2.05) is 97.3 Å². The summed E-state index contributed by atoms with van der Waals surface area (Å²) in [7, 11) is 1.62. The van der Waals surface area contributed by atoms with Crippen LogP contribution in [0.3, 0.4) is 0 Å². The summed E-state index contributed by atoms with van der Waals surface area (Å²) in [5, 5.41) is 13.6. The molecule has 3 aromatic carbocycles. The van der Waals surface area contributed by atoms with Gasteiger partial charge in [0, 0.05) is 11.3 Å². The predicted octanol–water partition coefficient (Wildman–Crippen LogP) is 4.97. The minimum atomic E-state index is -0.240. The molecule has 1 amide bonds. The molecular formula is C27H27N5O3S. The lowest BCUT2D eigenvalue weighted by molar-refractivity contribution is -0.118. The van der Waals surface area contributed by atoms with Gasteiger partial charge in [0.05, 0.1) is 25.2 Å². The number of carbonyl (C=O) groups excluding carboxylic acids is 1. The van der Waals surface area contributed by atoms with Gasteiger partial charge in [0.25, 0.3) is 5.91 Å². The molecule has 1 N–H and O–H groups in total. The summed E-state index contributed by atoms with van der Waals surface area (Å²) in [4.78, 5) is 12.6. The number of hydrogen-bond acceptors (Lipinski definition) is 7. The molecule has 0 saturated carbocycles. The third-order valence-electron chi connectivity index (χ3n) is 5.26. The number of nitrogens with one attached hydrogen (secondary N) is 1. The maximum Gasteiger partial charge on any atom is 0.250 e. The molecule has 9 heteroatoms. The predicted molar refractivity (Wildman–Crippen MR) is 142 cm³/mol. The van der Waals surface area contributed by atoms with Crippen molar-refractivity contribution in [2.24, 2.45) is 5.10 Å². The van der Waals surface area contributed by atoms with Crippen LogP contribution in [-0.2, 0) is 4.79 Å². The molecule has 0 saturated heterocycles. The fraction of sp³-hybridized carbons (Fsp3) is 0.185. The number of aromatic nitrogens is 3. The summed E-state index contributed by atoms with van der Waals surface area (Å²) < 4.78 is 12.7. The number of benzene rings is 3. The average Bonchev–Trinajstić information content (AvgIpc) is 3.35. The van der Waals surface area contributed by atoms with Crippen molar-refractivity contribution < 1.29 is 14.3 Å². The molecule has 0 bridgehead atoms. The van der Waals surface area contributed by atoms with Crippen LogP contribution in [0, 0.1) is 0 Å². The largest absolute Gasteiger partial charge is 0.497 e. The number of carbonyl (C=O) groups is 1. The summed E-state index contributed by atoms with van der Waals surface area (Å²) >= 11 is 1.29. The number of methoxy groups -OCH3 is 1. The van der Waals surface area contributed by atoms with Crippen molar-refractivity contribution in [1.29, 1.82) is 0 Å². The van der Waals surface area contributed by atoms with Crippen molar-refractivity contribution in [3.8, 4) is 28.6 Å². The van der Waals surface area contributed by atoms with Gasteiger partial charge < -0.3 is 9.47 Å². The molecule has 1 heterocycles. The number of hydrazone groups is 1. The number of thioether (sulfide) groups is 1. The second-order valence-electron chi connectivity index (χ2n) is 7.68. The van der Waals surface area contributed by atoms with Crippen LogP contribution in [0.25, 0.3) is 17.1 Å². The van der Waals surface area contributed by atoms with Crippen molar-refractivity contribution in [3.63, 3.8) is 0 Å². The van der Waals surface area contributed by atoms with Crippen LogP contribution < -0.4 is 14.9 Å². The first-order valence-corrected chi connectivity index (χ1v) is 12.4. The zero-order chi connectivity index (χ0) is 25.3. The first-order chi connectivity index (χ1) is 17.6. The van der Waals surface area contributed by atoms with Crippen LogP contribution in [-0.4, -0.2) is 45.9 Å². The Morgan fingerprint density at radius 2 is 1.67 bits per heavy atom. The van der Waals surface area contributed by atoms with Gasteiger partial charge in [-0.05, 0) is 67.9 Å². The normalized spacial score (nSPS) is 11.2. The molecule has 0 radical (unpaired) electrons. The van der Waals surface area contributed by atoms with E-state index in [1.165, 1.54) is 11.8 Å². The van der Waals surface area contributed by atoms with E-state index in [9.17, 15) is 4.79 Å². The minimum Gasteiger partial charge on any atom is -0.497 e. The zero-order valence-corrected chi connectivity index (χ0v) is 21.2. The number of rotatable bonds is 10. The number of nitrogens with zero attached hydrogens (tertiary/aromatic N) is 4. The van der Waals surface area contributed by atoms with E-state index in [1.54, 1.807) is 7.11 Å². The van der Waals surface area contributed by atoms with Crippen molar-refractivity contribution in [2.75, 3.05) is 19.5 Å². The van der Waals surface area contributed by atoms with E-state index in [4.69, 9.17) is 9.47 Å². The Morgan fingerprint density at radius 1 is 0.972 bits per heavy atom. The first-order valence-electron chi connectivity index (χ1n) is 11.4. The van der Waals surface area contributed by atoms with Crippen LogP contribution in [0.2, 0.25) is 0 Å². The molecule has 184 valence electrons. The van der Waals surface area contributed by atoms with Gasteiger partial charge in [-0.15, -0.1) is 10.2 Å². The highest BCUT2D eigenvalue weighted by atomic mass is 32.2. The van der Waals surface area contributed by atoms with Gasteiger partial charge in [0.1, 0.15) is 11.5 Å². The summed E-state index contributed by atoms with van der Waals surface area (Å²) in [5.74, 6) is 2.13. The topological polar surface area (TPSA) is 90.6 Å². The van der Waals surface area contributed by atoms with E-state index in [0.717, 1.165) is 28.3 Å². The van der Waals surface area contributed by atoms with E-state index >= 15 is 0 Å². The van der Waals surface area contributed by atoms with Gasteiger partial charge in [-0.3, -0.25) is 9.36 Å². The van der Waals surface area contributed by atoms with Gasteiger partial charge in [0.15, 0.2) is 11.0 Å². The molecule has 0 atom stereocenters. The van der Waals surface area contributed by atoms with Crippen LogP contribution in [0.15, 0.2) is 89.1 Å². The van der Waals surface area contributed by atoms with Gasteiger partial charge in [-0.25, -0.2) is 5.43 Å². The highest BCUT2D eigenvalue weighted by molar-refractivity contribution is 7.99. The van der Waals surface area contributed by atoms with Crippen LogP contribution in [0.4, 0.5) is 0 Å². The van der Waals surface area contributed by atoms with Gasteiger partial charge in [0.2, 0.25) is 0 Å². The Labute approximate surface area is 214 Å². The quantitative estimate of drug-likeness (QED) is 0.187. The van der Waals surface area contributed by atoms with Crippen LogP contribution in [0.1, 0.15) is 19.4 Å². The smallest absolute Gasteiger partial charge is 0.250 e. The number of hydrogen-bond donors (Lipinski definition) is 1. The molecule has 0 aliphatic heterocycles. The minimum absolute atomic E-state index is 0.128. The number of amides is 1. The SMILES string of the molecule is CCOc1ccc(-n2c(SCC(=O)N/N=C(/C)c3ccc(OC)cc3)nnc2-c2ccccc2)cc1. The van der Waals surface area contributed by atoms with Crippen molar-refractivity contribution in [1.82, 2.24) is 20.2 Å². The van der Waals surface area contributed by atoms with Crippen molar-refractivity contribution in [3.05, 3.63) is 84.4 Å². The lowest BCUT2D eigenvalue weighted by Crippen LogP contribution is -2.21. The second kappa shape index (κ2) is 12.0. The third-order valence-corrected chi connectivity index (χ3v) is 6.19. The average molecular weight is 502 g/mol. The highest BCUT2D eigenvalue weighted by Crippen LogP contribution is 2.28. The van der Waals surface area contributed by atoms with E-state index in [0.29, 0.717) is 23.3 Å². The summed E-state index contributed by atoms with van der Waals surface area (Å²) in [6.07, 6.45) is 0. The molecule has 0 aliphatic carbocycles. The standard InChI is InChI=1S/C27H27N5O3S/c1-4-35-24-16-12-22(13-17-24)32-26(21-8-6-5-7-9-21)30-31-27(32)36-18-25(33)29-28-19(2)20-10-14-23(34-3)15-11-20/h5-17H,4,18H2,1-3H3,(H,29,33)/b28-19-. The summed E-state index contributed by atoms with van der Waals surface area (Å²) in [6, 6.07) is 25.0. The molecule has 4 rings (SSSR count). The molecule has 0 spiro atoms. The lowest BCUT2D eigenvalue weighted by Gasteiger charge is -2.11. The summed E-state index contributed by atoms with van der Waals surface area (Å²) in [6.45, 7) is 4.38. The fourth-order valence-corrected chi connectivity index (χ4v) is 4.18. The zero-order valence-electron chi connectivity index (χ0n) is 20.3. The molecule has 36 heavy (non-hydrogen) atoms. The Bertz CT molecular complexity index is 1320. The Kier molecular flexibility index (Phi) is 8.36. The summed E-state index contributed by atoms with van der Waals surface area (Å²) in [5.41, 5.74) is 6.01. The Balaban J connectivity index is 1.50. The van der Waals surface area contributed by atoms with Crippen molar-refractivity contribution >= 4 is 23.4 Å². The fourth-order valence-electron chi connectivity index (χ4n) is 3.43. The lowest BCUT2D eigenvalue weighted by atomic mass is 10.1. The second-order valence-corrected chi connectivity index (χ2v) is 8.63. The highest BCUT2D eigenvalue weighted by Gasteiger charge is 2.17. The maximum atomic E-state index is 12.6. The monoisotopic (exact) mass is 501 g/mol. The van der Waals surface area contributed by atoms with Gasteiger partial charge >= 0.3 is 0 Å². The molecule has 0 unspecified atom stereocenters. The molecule has 4 aromatic rings. The van der Waals surface area contributed by atoms with E-state index in [2.05, 4.69) is 20.7 Å². The first kappa shape index (κ1) is 25.0. The van der Waals surface area contributed by atoms with E-state index in [-0.39, 0.29) is 11.7 Å². The van der Waals surface area contributed by atoms with Crippen LogP contribution in [0.5, 0.6) is 11.5 Å². The third kappa shape index (κ3) is 6.11. The van der Waals surface area contributed by atoms with Gasteiger partial charge in [-0.1, -0.05) is 42.1 Å². The molecular weight excluding hydrogens is 474 g/mol. The Hall–Kier alpha value is -4.11. The molecule has 1 aromatic heterocycles. The molecule has 8 nitrogen and oxygen atoms in total. The number of ether oxygens (including phenoxy) is 2. The van der Waals surface area contributed by atoms with E-state index < -0.39 is 0 Å². The maximum absolute atomic E-state index is 12.6. The Morgan fingerprint density at radius 3 is 2.33 bits per heavy atom. The molecule has 0 fully saturated rings. The van der Waals surface area contributed by atoms with Crippen LogP contribution >= 0.6 is 11.8 Å².